The van der Waals surface area contributed by atoms with Crippen molar-refractivity contribution in [3.63, 3.8) is 0 Å². The number of fused-ring (bicyclic) bond motifs is 1. The smallest absolute Gasteiger partial charge is 0.344 e. The molecule has 8 heteroatoms. The van der Waals surface area contributed by atoms with Crippen LogP contribution in [0.1, 0.15) is 29.9 Å². The predicted octanol–water partition coefficient (Wildman–Crippen LogP) is 0.929. The minimum atomic E-state index is -3.74. The molecule has 1 aromatic carbocycles. The summed E-state index contributed by atoms with van der Waals surface area (Å²) in [5.74, 6) is 0.217. The number of nitrogens with zero attached hydrogens (tertiary/aromatic N) is 1. The van der Waals surface area contributed by atoms with Gasteiger partial charge in [0.25, 0.3) is 0 Å². The lowest BCUT2D eigenvalue weighted by atomic mass is 9.86. The van der Waals surface area contributed by atoms with Crippen molar-refractivity contribution in [2.45, 2.75) is 25.0 Å². The molecule has 3 rings (SSSR count). The number of amidine groups is 1. The molecule has 3 N–H and O–H groups in total. The molecule has 114 valence electrons. The molecule has 7 nitrogen and oxygen atoms in total. The quantitative estimate of drug-likeness (QED) is 0.845. The Balaban J connectivity index is 2.02. The maximum Gasteiger partial charge on any atom is 0.344 e. The first-order valence-electron chi connectivity index (χ1n) is 6.66. The summed E-state index contributed by atoms with van der Waals surface area (Å²) in [7, 11) is -2.14. The van der Waals surface area contributed by atoms with E-state index in [2.05, 4.69) is 9.12 Å². The van der Waals surface area contributed by atoms with Gasteiger partial charge in [0.1, 0.15) is 5.84 Å². The fraction of sp³-hybridized carbons (Fsp3) is 0.462. The Morgan fingerprint density at radius 3 is 3.05 bits per heavy atom. The van der Waals surface area contributed by atoms with Crippen molar-refractivity contribution < 1.29 is 17.9 Å². The third-order valence-corrected chi connectivity index (χ3v) is 4.67. The van der Waals surface area contributed by atoms with E-state index in [-0.39, 0.29) is 18.0 Å². The molecule has 0 amide bonds. The largest absolute Gasteiger partial charge is 0.382 e. The van der Waals surface area contributed by atoms with Gasteiger partial charge in [0.2, 0.25) is 0 Å². The molecule has 21 heavy (non-hydrogen) atoms. The highest BCUT2D eigenvalue weighted by atomic mass is 32.2. The van der Waals surface area contributed by atoms with Gasteiger partial charge in [0, 0.05) is 19.1 Å². The molecule has 1 fully saturated rings. The van der Waals surface area contributed by atoms with Crippen LogP contribution in [0.5, 0.6) is 0 Å². The van der Waals surface area contributed by atoms with Gasteiger partial charge in [-0.05, 0) is 24.0 Å². The Kier molecular flexibility index (Phi) is 3.60. The van der Waals surface area contributed by atoms with Gasteiger partial charge >= 0.3 is 10.2 Å². The lowest BCUT2D eigenvalue weighted by molar-refractivity contribution is -0.150. The fourth-order valence-corrected chi connectivity index (χ4v) is 3.67. The van der Waals surface area contributed by atoms with E-state index in [9.17, 15) is 8.42 Å². The highest BCUT2D eigenvalue weighted by Crippen LogP contribution is 2.36. The fourth-order valence-electron chi connectivity index (χ4n) is 2.82. The van der Waals surface area contributed by atoms with Crippen LogP contribution in [0.4, 0.5) is 5.69 Å². The summed E-state index contributed by atoms with van der Waals surface area (Å²) in [5, 5.41) is 0. The highest BCUT2D eigenvalue weighted by molar-refractivity contribution is 7.91. The molecule has 0 aliphatic carbocycles. The zero-order chi connectivity index (χ0) is 15.0. The summed E-state index contributed by atoms with van der Waals surface area (Å²) in [6.45, 7) is 0.593. The molecule has 0 bridgehead atoms. The minimum absolute atomic E-state index is 0.0276. The number of ether oxygens (including phenoxy) is 2. The van der Waals surface area contributed by atoms with Crippen molar-refractivity contribution >= 4 is 21.7 Å². The topological polar surface area (TPSA) is 103 Å². The van der Waals surface area contributed by atoms with Gasteiger partial charge in [-0.1, -0.05) is 12.1 Å². The van der Waals surface area contributed by atoms with Crippen molar-refractivity contribution in [1.29, 1.82) is 0 Å². The zero-order valence-electron chi connectivity index (χ0n) is 11.6. The number of benzene rings is 1. The molecule has 1 saturated heterocycles. The van der Waals surface area contributed by atoms with Crippen LogP contribution in [-0.4, -0.2) is 34.3 Å². The SMILES string of the molecule is COC1CC(c2cccc3c2C(N)=NS(=O)(=O)N3)CCO1. The van der Waals surface area contributed by atoms with Crippen LogP contribution in [-0.2, 0) is 19.7 Å². The summed E-state index contributed by atoms with van der Waals surface area (Å²) in [6.07, 6.45) is 1.28. The summed E-state index contributed by atoms with van der Waals surface area (Å²) in [4.78, 5) is 0. The molecule has 2 aliphatic rings. The molecular formula is C13H17N3O4S. The van der Waals surface area contributed by atoms with Gasteiger partial charge in [-0.2, -0.15) is 8.42 Å². The second-order valence-corrected chi connectivity index (χ2v) is 6.42. The Morgan fingerprint density at radius 2 is 2.29 bits per heavy atom. The molecule has 0 radical (unpaired) electrons. The molecule has 2 aliphatic heterocycles. The van der Waals surface area contributed by atoms with Crippen LogP contribution in [0.2, 0.25) is 0 Å². The number of nitrogens with one attached hydrogen (secondary N) is 1. The molecule has 2 heterocycles. The number of hydrogen-bond donors (Lipinski definition) is 2. The molecule has 0 spiro atoms. The van der Waals surface area contributed by atoms with E-state index in [4.69, 9.17) is 15.2 Å². The second kappa shape index (κ2) is 5.28. The van der Waals surface area contributed by atoms with Crippen molar-refractivity contribution in [1.82, 2.24) is 0 Å². The third-order valence-electron chi connectivity index (χ3n) is 3.76. The number of methoxy groups -OCH3 is 1. The van der Waals surface area contributed by atoms with E-state index < -0.39 is 10.2 Å². The van der Waals surface area contributed by atoms with Crippen molar-refractivity contribution in [2.75, 3.05) is 18.4 Å². The summed E-state index contributed by atoms with van der Waals surface area (Å²) < 4.78 is 39.9. The van der Waals surface area contributed by atoms with Crippen molar-refractivity contribution in [2.24, 2.45) is 10.1 Å². The average Bonchev–Trinajstić information content (AvgIpc) is 2.45. The van der Waals surface area contributed by atoms with E-state index in [1.54, 1.807) is 13.2 Å². The van der Waals surface area contributed by atoms with Crippen molar-refractivity contribution in [3.05, 3.63) is 29.3 Å². The summed E-state index contributed by atoms with van der Waals surface area (Å²) in [5.41, 5.74) is 7.97. The Labute approximate surface area is 123 Å². The maximum atomic E-state index is 11.6. The van der Waals surface area contributed by atoms with Gasteiger partial charge < -0.3 is 15.2 Å². The summed E-state index contributed by atoms with van der Waals surface area (Å²) in [6, 6.07) is 5.45. The lowest BCUT2D eigenvalue weighted by Gasteiger charge is -2.31. The first kappa shape index (κ1) is 14.3. The highest BCUT2D eigenvalue weighted by Gasteiger charge is 2.30. The number of nitrogens with two attached hydrogens (primary N) is 1. The second-order valence-electron chi connectivity index (χ2n) is 5.08. The molecule has 1 aromatic rings. The standard InChI is InChI=1S/C13H17N3O4S/c1-19-11-7-8(5-6-20-11)9-3-2-4-10-12(9)13(14)16-21(17,18)15-10/h2-4,8,11,15H,5-7H2,1H3,(H2,14,16). The van der Waals surface area contributed by atoms with Gasteiger partial charge in [-0.25, -0.2) is 0 Å². The van der Waals surface area contributed by atoms with Crippen molar-refractivity contribution in [3.8, 4) is 0 Å². The first-order chi connectivity index (χ1) is 10.00. The zero-order valence-corrected chi connectivity index (χ0v) is 12.4. The van der Waals surface area contributed by atoms with E-state index in [1.807, 2.05) is 12.1 Å². The summed E-state index contributed by atoms with van der Waals surface area (Å²) >= 11 is 0. The Bertz CT molecular complexity index is 687. The van der Waals surface area contributed by atoms with Crippen LogP contribution in [0.25, 0.3) is 0 Å². The third kappa shape index (κ3) is 2.74. The lowest BCUT2D eigenvalue weighted by Crippen LogP contribution is -2.31. The van der Waals surface area contributed by atoms with E-state index in [0.29, 0.717) is 24.3 Å². The van der Waals surface area contributed by atoms with Gasteiger partial charge in [-0.3, -0.25) is 4.72 Å². The molecule has 2 atom stereocenters. The molecular weight excluding hydrogens is 294 g/mol. The van der Waals surface area contributed by atoms with Crippen LogP contribution in [0.3, 0.4) is 0 Å². The van der Waals surface area contributed by atoms with Gasteiger partial charge in [-0.15, -0.1) is 4.40 Å². The van der Waals surface area contributed by atoms with Gasteiger partial charge in [0.05, 0.1) is 12.3 Å². The average molecular weight is 311 g/mol. The normalized spacial score (nSPS) is 27.4. The number of anilines is 1. The van der Waals surface area contributed by atoms with Gasteiger partial charge in [0.15, 0.2) is 6.29 Å². The van der Waals surface area contributed by atoms with E-state index >= 15 is 0 Å². The Morgan fingerprint density at radius 1 is 1.48 bits per heavy atom. The van der Waals surface area contributed by atoms with E-state index in [1.165, 1.54) is 0 Å². The first-order valence-corrected chi connectivity index (χ1v) is 8.10. The van der Waals surface area contributed by atoms with Crippen LogP contribution in [0.15, 0.2) is 22.6 Å². The monoisotopic (exact) mass is 311 g/mol. The van der Waals surface area contributed by atoms with Crippen LogP contribution >= 0.6 is 0 Å². The minimum Gasteiger partial charge on any atom is -0.382 e. The molecule has 0 saturated carbocycles. The van der Waals surface area contributed by atoms with Crippen LogP contribution < -0.4 is 10.5 Å². The predicted molar refractivity (Wildman–Crippen MR) is 78.4 cm³/mol. The molecule has 0 aromatic heterocycles. The van der Waals surface area contributed by atoms with Crippen LogP contribution in [0, 0.1) is 0 Å². The Hall–Kier alpha value is -1.64. The number of hydrogen-bond acceptors (Lipinski definition) is 5. The molecule has 2 unspecified atom stereocenters. The number of rotatable bonds is 2. The maximum absolute atomic E-state index is 11.6. The van der Waals surface area contributed by atoms with E-state index in [0.717, 1.165) is 12.0 Å².